The maximum Gasteiger partial charge on any atom is 0.409 e. The number of ether oxygens (including phenoxy) is 1. The lowest BCUT2D eigenvalue weighted by Gasteiger charge is -2.35. The topological polar surface area (TPSA) is 62.7 Å². The van der Waals surface area contributed by atoms with E-state index in [-0.39, 0.29) is 24.0 Å². The summed E-state index contributed by atoms with van der Waals surface area (Å²) in [5.41, 5.74) is 2.71. The Balaban J connectivity index is 1.66. The first-order chi connectivity index (χ1) is 11.2. The van der Waals surface area contributed by atoms with Crippen LogP contribution in [-0.4, -0.2) is 52.5 Å². The zero-order valence-electron chi connectivity index (χ0n) is 13.4. The van der Waals surface area contributed by atoms with Gasteiger partial charge in [-0.25, -0.2) is 9.78 Å². The first kappa shape index (κ1) is 16.2. The maximum atomic E-state index is 12.7. The third-order valence-corrected chi connectivity index (χ3v) is 5.23. The van der Waals surface area contributed by atoms with Crippen LogP contribution in [0, 0.1) is 5.92 Å². The second-order valence-corrected chi connectivity index (χ2v) is 6.97. The number of nitrogens with zero attached hydrogens (tertiary/aromatic N) is 3. The normalized spacial score (nSPS) is 24.0. The summed E-state index contributed by atoms with van der Waals surface area (Å²) < 4.78 is 5.32. The van der Waals surface area contributed by atoms with E-state index < -0.39 is 0 Å². The number of carbonyl (C=O) groups is 2. The van der Waals surface area contributed by atoms with Gasteiger partial charge in [-0.3, -0.25) is 4.79 Å². The van der Waals surface area contributed by atoms with Gasteiger partial charge in [0.05, 0.1) is 30.3 Å². The van der Waals surface area contributed by atoms with Gasteiger partial charge in [0.2, 0.25) is 5.91 Å². The van der Waals surface area contributed by atoms with E-state index in [0.717, 1.165) is 31.4 Å². The molecule has 126 valence electrons. The lowest BCUT2D eigenvalue weighted by molar-refractivity contribution is -0.140. The van der Waals surface area contributed by atoms with Crippen molar-refractivity contribution in [2.24, 2.45) is 5.92 Å². The molecule has 7 heteroatoms. The lowest BCUT2D eigenvalue weighted by atomic mass is 9.94. The van der Waals surface area contributed by atoms with E-state index in [1.807, 2.05) is 10.3 Å². The second kappa shape index (κ2) is 7.29. The Morgan fingerprint density at radius 3 is 3.04 bits per heavy atom. The highest BCUT2D eigenvalue weighted by atomic mass is 32.1. The standard InChI is InChI=1S/C16H23N3O3S/c1-2-3-6-22-16(21)18-7-12-4-5-14(9-18)19(15(12)20)8-13-10-23-11-17-13/h10-12,14H,2-9H2,1H3/t12-,14+/m0/s1. The van der Waals surface area contributed by atoms with Crippen LogP contribution in [0.5, 0.6) is 0 Å². The number of hydrogen-bond acceptors (Lipinski definition) is 5. The van der Waals surface area contributed by atoms with Crippen molar-refractivity contribution in [3.63, 3.8) is 0 Å². The quantitative estimate of drug-likeness (QED) is 0.775. The molecule has 0 N–H and O–H groups in total. The van der Waals surface area contributed by atoms with Gasteiger partial charge < -0.3 is 14.5 Å². The number of fused-ring (bicyclic) bond motifs is 4. The fourth-order valence-electron chi connectivity index (χ4n) is 3.28. The summed E-state index contributed by atoms with van der Waals surface area (Å²) in [7, 11) is 0. The average Bonchev–Trinajstić information content (AvgIpc) is 2.91. The molecule has 4 rings (SSSR count). The number of carbonyl (C=O) groups excluding carboxylic acids is 2. The molecular weight excluding hydrogens is 314 g/mol. The number of thiazole rings is 1. The highest BCUT2D eigenvalue weighted by Crippen LogP contribution is 2.30. The van der Waals surface area contributed by atoms with Gasteiger partial charge in [-0.15, -0.1) is 11.3 Å². The Morgan fingerprint density at radius 1 is 1.43 bits per heavy atom. The van der Waals surface area contributed by atoms with Crippen LogP contribution < -0.4 is 0 Å². The summed E-state index contributed by atoms with van der Waals surface area (Å²) in [4.78, 5) is 32.8. The van der Waals surface area contributed by atoms with Crippen LogP contribution in [0.4, 0.5) is 4.79 Å². The van der Waals surface area contributed by atoms with Gasteiger partial charge in [0.1, 0.15) is 0 Å². The molecule has 0 aliphatic carbocycles. The van der Waals surface area contributed by atoms with Gasteiger partial charge in [0.15, 0.2) is 0 Å². The molecule has 6 nitrogen and oxygen atoms in total. The van der Waals surface area contributed by atoms with E-state index in [1.54, 1.807) is 10.4 Å². The van der Waals surface area contributed by atoms with Crippen LogP contribution in [0.1, 0.15) is 38.3 Å². The first-order valence-electron chi connectivity index (χ1n) is 8.28. The van der Waals surface area contributed by atoms with Crippen LogP contribution in [0.3, 0.4) is 0 Å². The minimum atomic E-state index is -0.279. The first-order valence-corrected chi connectivity index (χ1v) is 9.22. The Hall–Kier alpha value is -1.63. The number of hydrogen-bond donors (Lipinski definition) is 0. The molecule has 2 atom stereocenters. The van der Waals surface area contributed by atoms with Crippen molar-refractivity contribution in [3.8, 4) is 0 Å². The molecule has 0 radical (unpaired) electrons. The van der Waals surface area contributed by atoms with Crippen molar-refractivity contribution in [3.05, 3.63) is 16.6 Å². The molecule has 1 aromatic rings. The number of piperidine rings is 1. The molecule has 2 amide bonds. The zero-order chi connectivity index (χ0) is 16.2. The Bertz CT molecular complexity index is 549. The van der Waals surface area contributed by atoms with E-state index in [4.69, 9.17) is 4.74 Å². The molecule has 0 saturated carbocycles. The SMILES string of the molecule is CCCCOC(=O)N1C[C@@H]2CC[C@H](C1)N(Cc1cscn1)C2=O. The van der Waals surface area contributed by atoms with E-state index in [0.29, 0.717) is 26.2 Å². The highest BCUT2D eigenvalue weighted by molar-refractivity contribution is 7.07. The molecule has 3 aliphatic heterocycles. The van der Waals surface area contributed by atoms with Gasteiger partial charge in [0.25, 0.3) is 0 Å². The summed E-state index contributed by atoms with van der Waals surface area (Å²) in [6.07, 6.45) is 3.40. The fraction of sp³-hybridized carbons (Fsp3) is 0.688. The minimum Gasteiger partial charge on any atom is -0.449 e. The fourth-order valence-corrected chi connectivity index (χ4v) is 3.83. The predicted octanol–water partition coefficient (Wildman–Crippen LogP) is 2.50. The maximum absolute atomic E-state index is 12.7. The van der Waals surface area contributed by atoms with Gasteiger partial charge in [-0.2, -0.15) is 0 Å². The summed E-state index contributed by atoms with van der Waals surface area (Å²) in [6.45, 7) is 4.11. The van der Waals surface area contributed by atoms with Gasteiger partial charge in [-0.05, 0) is 19.3 Å². The predicted molar refractivity (Wildman–Crippen MR) is 87.0 cm³/mol. The van der Waals surface area contributed by atoms with Crippen molar-refractivity contribution in [1.82, 2.24) is 14.8 Å². The van der Waals surface area contributed by atoms with E-state index in [9.17, 15) is 9.59 Å². The minimum absolute atomic E-state index is 0.0710. The molecule has 23 heavy (non-hydrogen) atoms. The van der Waals surface area contributed by atoms with Crippen LogP contribution in [0.15, 0.2) is 10.9 Å². The van der Waals surface area contributed by atoms with Crippen molar-refractivity contribution in [2.75, 3.05) is 19.7 Å². The van der Waals surface area contributed by atoms with Crippen molar-refractivity contribution in [1.29, 1.82) is 0 Å². The molecule has 2 bridgehead atoms. The largest absolute Gasteiger partial charge is 0.449 e. The molecule has 0 unspecified atom stereocenters. The summed E-state index contributed by atoms with van der Waals surface area (Å²) in [5, 5.41) is 1.97. The number of amides is 2. The summed E-state index contributed by atoms with van der Waals surface area (Å²) >= 11 is 1.54. The van der Waals surface area contributed by atoms with Crippen LogP contribution in [-0.2, 0) is 16.1 Å². The monoisotopic (exact) mass is 337 g/mol. The summed E-state index contributed by atoms with van der Waals surface area (Å²) in [6, 6.07) is 0.0710. The van der Waals surface area contributed by atoms with Gasteiger partial charge in [0, 0.05) is 24.5 Å². The Kier molecular flexibility index (Phi) is 5.15. The van der Waals surface area contributed by atoms with Crippen LogP contribution in [0.2, 0.25) is 0 Å². The smallest absolute Gasteiger partial charge is 0.409 e. The molecule has 3 saturated heterocycles. The van der Waals surface area contributed by atoms with E-state index in [2.05, 4.69) is 11.9 Å². The van der Waals surface area contributed by atoms with E-state index >= 15 is 0 Å². The van der Waals surface area contributed by atoms with E-state index in [1.165, 1.54) is 11.3 Å². The number of unbranched alkanes of at least 4 members (excludes halogenated alkanes) is 1. The molecular formula is C16H23N3O3S. The number of rotatable bonds is 5. The van der Waals surface area contributed by atoms with Crippen molar-refractivity contribution in [2.45, 2.75) is 45.2 Å². The molecule has 4 heterocycles. The average molecular weight is 337 g/mol. The third kappa shape index (κ3) is 3.65. The Morgan fingerprint density at radius 2 is 2.30 bits per heavy atom. The third-order valence-electron chi connectivity index (χ3n) is 4.59. The second-order valence-electron chi connectivity index (χ2n) is 6.25. The molecule has 3 fully saturated rings. The lowest BCUT2D eigenvalue weighted by Crippen LogP contribution is -2.47. The number of aromatic nitrogens is 1. The van der Waals surface area contributed by atoms with Crippen molar-refractivity contribution < 1.29 is 14.3 Å². The molecule has 3 aliphatic rings. The molecule has 0 spiro atoms. The zero-order valence-corrected chi connectivity index (χ0v) is 14.3. The summed E-state index contributed by atoms with van der Waals surface area (Å²) in [5.74, 6) is 0.0456. The van der Waals surface area contributed by atoms with Crippen molar-refractivity contribution >= 4 is 23.3 Å². The highest BCUT2D eigenvalue weighted by Gasteiger charge is 2.42. The van der Waals surface area contributed by atoms with Crippen LogP contribution >= 0.6 is 11.3 Å². The Labute approximate surface area is 140 Å². The van der Waals surface area contributed by atoms with Gasteiger partial charge in [-0.1, -0.05) is 13.3 Å². The van der Waals surface area contributed by atoms with Crippen LogP contribution in [0.25, 0.3) is 0 Å². The molecule has 0 aromatic carbocycles. The molecule has 1 aromatic heterocycles. The van der Waals surface area contributed by atoms with Gasteiger partial charge >= 0.3 is 6.09 Å².